The molecule has 2 saturated heterocycles. The number of methoxy groups -OCH3 is 1. The fraction of sp³-hybridized carbons (Fsp3) is 0.576. The zero-order valence-electron chi connectivity index (χ0n) is 52.5. The van der Waals surface area contributed by atoms with E-state index in [0.717, 1.165) is 30.7 Å². The van der Waals surface area contributed by atoms with Crippen molar-refractivity contribution in [1.29, 1.82) is 0 Å². The topological polar surface area (TPSA) is 256 Å². The summed E-state index contributed by atoms with van der Waals surface area (Å²) >= 11 is 0. The highest BCUT2D eigenvalue weighted by atomic mass is 28.4. The monoisotopic (exact) mass is 1240 g/mol. The summed E-state index contributed by atoms with van der Waals surface area (Å²) in [6, 6.07) is 24.2. The fourth-order valence-electron chi connectivity index (χ4n) is 10.3. The highest BCUT2D eigenvalue weighted by Crippen LogP contribution is 2.42. The van der Waals surface area contributed by atoms with Crippen LogP contribution in [0.1, 0.15) is 181 Å². The van der Waals surface area contributed by atoms with Gasteiger partial charge < -0.3 is 42.9 Å². The average Bonchev–Trinajstić information content (AvgIpc) is 2.87. The Hall–Kier alpha value is -6.66. The molecular formula is C66H92N4O17Si. The van der Waals surface area contributed by atoms with Gasteiger partial charge in [-0.25, -0.2) is 19.2 Å². The van der Waals surface area contributed by atoms with Crippen LogP contribution in [0.25, 0.3) is 0 Å². The van der Waals surface area contributed by atoms with Gasteiger partial charge in [0, 0.05) is 45.7 Å². The number of nitrogens with zero attached hydrogens (tertiary/aromatic N) is 2. The van der Waals surface area contributed by atoms with E-state index in [4.69, 9.17) is 42.4 Å². The normalized spacial score (nSPS) is 21.1. The van der Waals surface area contributed by atoms with Gasteiger partial charge in [-0.1, -0.05) is 159 Å². The number of carbonyl (C=O) groups excluding carboxylic acids is 6. The molecule has 7 unspecified atom stereocenters. The summed E-state index contributed by atoms with van der Waals surface area (Å²) in [6.07, 6.45) is 6.43. The second-order valence-electron chi connectivity index (χ2n) is 24.0. The lowest BCUT2D eigenvalue weighted by Gasteiger charge is -2.45. The maximum absolute atomic E-state index is 14.4. The summed E-state index contributed by atoms with van der Waals surface area (Å²) in [6.45, 7) is 12.8. The fourth-order valence-corrected chi connectivity index (χ4v) is 11.6. The lowest BCUT2D eigenvalue weighted by Crippen LogP contribution is -2.66. The first kappa shape index (κ1) is 70.4. The van der Waals surface area contributed by atoms with Crippen molar-refractivity contribution in [3.05, 3.63) is 141 Å². The molecule has 2 fully saturated rings. The Balaban J connectivity index is 1.19. The van der Waals surface area contributed by atoms with Gasteiger partial charge in [0.1, 0.15) is 43.7 Å². The van der Waals surface area contributed by atoms with Crippen molar-refractivity contribution in [1.82, 2.24) is 19.9 Å². The van der Waals surface area contributed by atoms with Crippen LogP contribution >= 0.6 is 0 Å². The van der Waals surface area contributed by atoms with Gasteiger partial charge in [-0.3, -0.25) is 33.6 Å². The highest BCUT2D eigenvalue weighted by molar-refractivity contribution is 6.74. The van der Waals surface area contributed by atoms with Gasteiger partial charge in [-0.2, -0.15) is 5.06 Å². The van der Waals surface area contributed by atoms with Crippen LogP contribution in [0.4, 0.5) is 0 Å². The van der Waals surface area contributed by atoms with Gasteiger partial charge in [0.05, 0.1) is 16.7 Å². The zero-order valence-corrected chi connectivity index (χ0v) is 53.5. The maximum atomic E-state index is 14.4. The van der Waals surface area contributed by atoms with Crippen LogP contribution in [0, 0.1) is 0 Å². The van der Waals surface area contributed by atoms with Crippen molar-refractivity contribution >= 4 is 43.9 Å². The number of ether oxygens (including phenoxy) is 7. The summed E-state index contributed by atoms with van der Waals surface area (Å²) in [5, 5.41) is 3.29. The van der Waals surface area contributed by atoms with E-state index in [0.29, 0.717) is 6.42 Å². The number of hydrogen-bond donors (Lipinski definition) is 2. The van der Waals surface area contributed by atoms with Gasteiger partial charge in [0.15, 0.2) is 33.0 Å². The minimum atomic E-state index is -2.60. The molecule has 2 N–H and O–H groups in total. The SMILES string of the molecule is CCCCCCCCCCCCCCCC(=O)N(OC[C@H]1O[C@@H](n2ccc(=O)[nH]c2=O)C(OC)C1O[Si](C)(C)C(C)(C)C)C(=O)CCCCOC1OC(COC(=O)c2ccccc2)C(OC(=O)c2ccccc2)C(OC(=O)c2ccccc2)C1NC(C)=O. The summed E-state index contributed by atoms with van der Waals surface area (Å²) in [7, 11) is -1.14. The molecular weight excluding hydrogens is 1150 g/mol. The van der Waals surface area contributed by atoms with Gasteiger partial charge in [0.25, 0.3) is 17.4 Å². The zero-order chi connectivity index (χ0) is 63.6. The molecule has 3 heterocycles. The molecule has 21 nitrogen and oxygen atoms in total. The third kappa shape index (κ3) is 21.3. The van der Waals surface area contributed by atoms with Crippen molar-refractivity contribution in [2.24, 2.45) is 0 Å². The Bertz CT molecular complexity index is 2940. The number of amides is 3. The molecule has 9 atom stereocenters. The molecule has 6 rings (SSSR count). The van der Waals surface area contributed by atoms with Gasteiger partial charge in [-0.05, 0) is 73.8 Å². The Labute approximate surface area is 517 Å². The molecule has 3 aromatic carbocycles. The number of hydrogen-bond acceptors (Lipinski definition) is 17. The van der Waals surface area contributed by atoms with Crippen molar-refractivity contribution in [3.8, 4) is 0 Å². The molecule has 482 valence electrons. The van der Waals surface area contributed by atoms with Crippen molar-refractivity contribution in [2.75, 3.05) is 26.9 Å². The lowest BCUT2D eigenvalue weighted by atomic mass is 9.95. The number of unbranched alkanes of at least 4 members (excludes halogenated alkanes) is 13. The lowest BCUT2D eigenvalue weighted by molar-refractivity contribution is -0.269. The number of esters is 3. The van der Waals surface area contributed by atoms with Gasteiger partial charge in [-0.15, -0.1) is 0 Å². The third-order valence-electron chi connectivity index (χ3n) is 16.2. The Morgan fingerprint density at radius 3 is 1.60 bits per heavy atom. The molecule has 0 spiro atoms. The Morgan fingerprint density at radius 1 is 0.614 bits per heavy atom. The van der Waals surface area contributed by atoms with Gasteiger partial charge in [0.2, 0.25) is 5.91 Å². The Morgan fingerprint density at radius 2 is 1.10 bits per heavy atom. The first-order valence-corrected chi connectivity index (χ1v) is 34.1. The molecule has 4 aromatic rings. The molecule has 0 aliphatic carbocycles. The third-order valence-corrected chi connectivity index (χ3v) is 20.7. The predicted molar refractivity (Wildman–Crippen MR) is 330 cm³/mol. The molecule has 88 heavy (non-hydrogen) atoms. The Kier molecular flexibility index (Phi) is 28.4. The van der Waals surface area contributed by atoms with Crippen LogP contribution in [0.2, 0.25) is 18.1 Å². The number of imide groups is 1. The van der Waals surface area contributed by atoms with Crippen LogP contribution in [-0.4, -0.2) is 134 Å². The maximum Gasteiger partial charge on any atom is 0.338 e. The number of rotatable bonds is 35. The molecule has 2 aliphatic heterocycles. The first-order valence-electron chi connectivity index (χ1n) is 31.2. The molecule has 2 aliphatic rings. The first-order chi connectivity index (χ1) is 42.2. The molecule has 3 amide bonds. The number of nitrogens with one attached hydrogen (secondary N) is 2. The van der Waals surface area contributed by atoms with Crippen molar-refractivity contribution in [3.63, 3.8) is 0 Å². The summed E-state index contributed by atoms with van der Waals surface area (Å²) in [5.74, 6) is -4.12. The van der Waals surface area contributed by atoms with Crippen LogP contribution in [0.5, 0.6) is 0 Å². The molecule has 1 aromatic heterocycles. The largest absolute Gasteiger partial charge is 0.459 e. The van der Waals surface area contributed by atoms with E-state index < -0.39 is 117 Å². The molecule has 22 heteroatoms. The number of H-pyrrole nitrogens is 1. The second kappa shape index (κ2) is 35.5. The number of benzene rings is 3. The average molecular weight is 1240 g/mol. The van der Waals surface area contributed by atoms with E-state index in [9.17, 15) is 38.4 Å². The number of aromatic nitrogens is 2. The molecule has 0 radical (unpaired) electrons. The standard InChI is InChI=1S/C66H92N4O17Si/c1-9-10-11-12-13-14-15-16-17-18-19-20-30-39-53(73)70(82-45-51-57(87-88(7,8)66(3,4)5)59(79-6)60(83-51)69-42-41-52(72)68-65(69)78)54(74)40-31-32-43-80-64-55(67-46(2)71)58(86-63(77)49-37-28-23-29-38-49)56(85-62(76)48-35-26-22-27-36-48)50(84-64)44-81-61(75)47-33-24-21-25-34-47/h21-29,33-38,41-42,50-51,55-60,64H,9-20,30-32,39-40,43-45H2,1-8H3,(H,67,71)(H,68,72,78)/t50?,51-,55?,56?,57?,58?,59?,60-,64?/m1/s1. The number of carbonyl (C=O) groups is 6. The van der Waals surface area contributed by atoms with Gasteiger partial charge >= 0.3 is 23.6 Å². The summed E-state index contributed by atoms with van der Waals surface area (Å²) in [5.41, 5.74) is -0.787. The van der Waals surface area contributed by atoms with Crippen LogP contribution < -0.4 is 16.6 Å². The quantitative estimate of drug-likeness (QED) is 0.0143. The van der Waals surface area contributed by atoms with E-state index >= 15 is 0 Å². The second-order valence-corrected chi connectivity index (χ2v) is 28.8. The van der Waals surface area contributed by atoms with Crippen LogP contribution in [0.15, 0.2) is 113 Å². The highest BCUT2D eigenvalue weighted by Gasteiger charge is 2.54. The van der Waals surface area contributed by atoms with Crippen LogP contribution in [0.3, 0.4) is 0 Å². The number of hydroxylamine groups is 2. The minimum Gasteiger partial charge on any atom is -0.459 e. The van der Waals surface area contributed by atoms with E-state index in [1.165, 1.54) is 106 Å². The van der Waals surface area contributed by atoms with E-state index in [-0.39, 0.29) is 60.6 Å². The van der Waals surface area contributed by atoms with E-state index in [1.807, 2.05) is 0 Å². The predicted octanol–water partition coefficient (Wildman–Crippen LogP) is 10.3. The van der Waals surface area contributed by atoms with Crippen molar-refractivity contribution < 1.29 is 71.2 Å². The van der Waals surface area contributed by atoms with Crippen LogP contribution in [-0.2, 0) is 56.8 Å². The van der Waals surface area contributed by atoms with E-state index in [2.05, 4.69) is 51.1 Å². The minimum absolute atomic E-state index is 0.0289. The molecule has 0 bridgehead atoms. The summed E-state index contributed by atoms with van der Waals surface area (Å²) in [4.78, 5) is 117. The van der Waals surface area contributed by atoms with Crippen molar-refractivity contribution in [2.45, 2.75) is 217 Å². The summed E-state index contributed by atoms with van der Waals surface area (Å²) < 4.78 is 51.4. The smallest absolute Gasteiger partial charge is 0.338 e. The van der Waals surface area contributed by atoms with E-state index in [1.54, 1.807) is 66.7 Å². The molecule has 0 saturated carbocycles. The number of aromatic amines is 1.